The van der Waals surface area contributed by atoms with E-state index < -0.39 is 0 Å². The lowest BCUT2D eigenvalue weighted by Gasteiger charge is -2.27. The zero-order valence-electron chi connectivity index (χ0n) is 16.6. The third-order valence-corrected chi connectivity index (χ3v) is 4.56. The predicted octanol–water partition coefficient (Wildman–Crippen LogP) is 5.47. The third-order valence-electron chi connectivity index (χ3n) is 4.56. The Morgan fingerprint density at radius 3 is 1.74 bits per heavy atom. The molecule has 1 aliphatic heterocycles. The maximum absolute atomic E-state index is 10.9. The van der Waals surface area contributed by atoms with Crippen LogP contribution in [-0.2, 0) is 9.59 Å². The number of hydrogen-bond donors (Lipinski definition) is 0. The highest BCUT2D eigenvalue weighted by molar-refractivity contribution is 5.78. The SMILES string of the molecule is CC.CC.CC(=O)C1CCN(C=O)CC1.CCC1CCCCC1. The van der Waals surface area contributed by atoms with Gasteiger partial charge in [0.1, 0.15) is 5.78 Å². The molecule has 0 aromatic carbocycles. The van der Waals surface area contributed by atoms with Crippen LogP contribution in [-0.4, -0.2) is 30.2 Å². The minimum Gasteiger partial charge on any atom is -0.345 e. The van der Waals surface area contributed by atoms with Crippen LogP contribution in [0.15, 0.2) is 0 Å². The molecule has 2 rings (SSSR count). The molecule has 3 nitrogen and oxygen atoms in total. The van der Waals surface area contributed by atoms with Crippen molar-refractivity contribution in [1.82, 2.24) is 4.90 Å². The molecule has 0 radical (unpaired) electrons. The van der Waals surface area contributed by atoms with Gasteiger partial charge in [0.15, 0.2) is 0 Å². The number of nitrogens with zero attached hydrogens (tertiary/aromatic N) is 1. The van der Waals surface area contributed by atoms with E-state index in [0.29, 0.717) is 0 Å². The molecule has 1 saturated heterocycles. The van der Waals surface area contributed by atoms with Gasteiger partial charge < -0.3 is 4.90 Å². The third kappa shape index (κ3) is 12.3. The molecule has 1 saturated carbocycles. The monoisotopic (exact) mass is 327 g/mol. The van der Waals surface area contributed by atoms with Gasteiger partial charge in [-0.25, -0.2) is 0 Å². The molecule has 0 N–H and O–H groups in total. The minimum absolute atomic E-state index is 0.200. The van der Waals surface area contributed by atoms with Crippen LogP contribution in [0.4, 0.5) is 0 Å². The van der Waals surface area contributed by atoms with Crippen molar-refractivity contribution in [3.05, 3.63) is 0 Å². The number of carbonyl (C=O) groups excluding carboxylic acids is 2. The van der Waals surface area contributed by atoms with Gasteiger partial charge in [-0.05, 0) is 25.7 Å². The van der Waals surface area contributed by atoms with Crippen molar-refractivity contribution >= 4 is 12.2 Å². The van der Waals surface area contributed by atoms with E-state index in [2.05, 4.69) is 6.92 Å². The van der Waals surface area contributed by atoms with E-state index in [4.69, 9.17) is 0 Å². The Balaban J connectivity index is 0. The molecular formula is C20H41NO2. The van der Waals surface area contributed by atoms with Gasteiger partial charge >= 0.3 is 0 Å². The second-order valence-electron chi connectivity index (χ2n) is 5.94. The smallest absolute Gasteiger partial charge is 0.209 e. The minimum atomic E-state index is 0.200. The van der Waals surface area contributed by atoms with Gasteiger partial charge in [-0.1, -0.05) is 73.1 Å². The number of hydrogen-bond acceptors (Lipinski definition) is 2. The first-order valence-electron chi connectivity index (χ1n) is 9.87. The molecule has 2 fully saturated rings. The number of rotatable bonds is 3. The summed E-state index contributed by atoms with van der Waals surface area (Å²) < 4.78 is 0. The fraction of sp³-hybridized carbons (Fsp3) is 0.900. The van der Waals surface area contributed by atoms with Crippen LogP contribution in [0.3, 0.4) is 0 Å². The summed E-state index contributed by atoms with van der Waals surface area (Å²) >= 11 is 0. The summed E-state index contributed by atoms with van der Waals surface area (Å²) in [6.45, 7) is 13.4. The molecule has 0 aromatic heterocycles. The van der Waals surface area contributed by atoms with Gasteiger partial charge in [0.2, 0.25) is 6.41 Å². The Morgan fingerprint density at radius 2 is 1.43 bits per heavy atom. The second kappa shape index (κ2) is 17.5. The number of amides is 1. The average molecular weight is 328 g/mol. The molecule has 23 heavy (non-hydrogen) atoms. The molecule has 0 spiro atoms. The highest BCUT2D eigenvalue weighted by Gasteiger charge is 2.20. The Hall–Kier alpha value is -0.860. The fourth-order valence-electron chi connectivity index (χ4n) is 3.01. The summed E-state index contributed by atoms with van der Waals surface area (Å²) in [6.07, 6.45) is 11.5. The van der Waals surface area contributed by atoms with Crippen molar-refractivity contribution in [2.45, 2.75) is 92.9 Å². The normalized spacial score (nSPS) is 18.3. The van der Waals surface area contributed by atoms with Gasteiger partial charge in [0.05, 0.1) is 0 Å². The highest BCUT2D eigenvalue weighted by atomic mass is 16.1. The van der Waals surface area contributed by atoms with Crippen LogP contribution < -0.4 is 0 Å². The lowest BCUT2D eigenvalue weighted by atomic mass is 9.88. The summed E-state index contributed by atoms with van der Waals surface area (Å²) in [5, 5.41) is 0. The van der Waals surface area contributed by atoms with Gasteiger partial charge in [-0.2, -0.15) is 0 Å². The van der Waals surface area contributed by atoms with Gasteiger partial charge in [-0.3, -0.25) is 9.59 Å². The van der Waals surface area contributed by atoms with Crippen LogP contribution in [0.5, 0.6) is 0 Å². The summed E-state index contributed by atoms with van der Waals surface area (Å²) in [4.78, 5) is 22.9. The maximum atomic E-state index is 10.9. The largest absolute Gasteiger partial charge is 0.345 e. The van der Waals surface area contributed by atoms with E-state index in [1.54, 1.807) is 11.8 Å². The fourth-order valence-corrected chi connectivity index (χ4v) is 3.01. The van der Waals surface area contributed by atoms with E-state index in [1.165, 1.54) is 38.5 Å². The molecule has 138 valence electrons. The lowest BCUT2D eigenvalue weighted by Crippen LogP contribution is -2.34. The zero-order chi connectivity index (χ0) is 18.1. The summed E-state index contributed by atoms with van der Waals surface area (Å²) in [7, 11) is 0. The topological polar surface area (TPSA) is 37.4 Å². The molecule has 1 amide bonds. The summed E-state index contributed by atoms with van der Waals surface area (Å²) in [6, 6.07) is 0. The Labute approximate surface area is 145 Å². The van der Waals surface area contributed by atoms with Crippen molar-refractivity contribution in [3.8, 4) is 0 Å². The number of ketones is 1. The van der Waals surface area contributed by atoms with E-state index in [-0.39, 0.29) is 11.7 Å². The van der Waals surface area contributed by atoms with Crippen molar-refractivity contribution in [2.24, 2.45) is 11.8 Å². The first kappa shape index (κ1) is 24.4. The van der Waals surface area contributed by atoms with Crippen molar-refractivity contribution in [2.75, 3.05) is 13.1 Å². The number of likely N-dealkylation sites (tertiary alicyclic amines) is 1. The standard InChI is InChI=1S/C8H13NO2.C8H16.2C2H6/c1-7(11)8-2-4-9(6-10)5-3-8;1-2-8-6-4-3-5-7-8;2*1-2/h6,8H,2-5H2,1H3;8H,2-7H2,1H3;2*1-2H3. The molecule has 3 heteroatoms. The molecule has 0 unspecified atom stereocenters. The molecule has 1 heterocycles. The second-order valence-corrected chi connectivity index (χ2v) is 5.94. The van der Waals surface area contributed by atoms with Gasteiger partial charge in [-0.15, -0.1) is 0 Å². The van der Waals surface area contributed by atoms with Crippen LogP contribution in [0.2, 0.25) is 0 Å². The van der Waals surface area contributed by atoms with Crippen molar-refractivity contribution in [3.63, 3.8) is 0 Å². The first-order valence-corrected chi connectivity index (χ1v) is 9.87. The van der Waals surface area contributed by atoms with Crippen molar-refractivity contribution in [1.29, 1.82) is 0 Å². The van der Waals surface area contributed by atoms with E-state index in [9.17, 15) is 9.59 Å². The average Bonchev–Trinajstić information content (AvgIpc) is 2.66. The number of Topliss-reactive ketones (excluding diaryl/α,β-unsaturated/α-hetero) is 1. The maximum Gasteiger partial charge on any atom is 0.209 e. The quantitative estimate of drug-likeness (QED) is 0.644. The number of piperidine rings is 1. The van der Waals surface area contributed by atoms with Crippen LogP contribution >= 0.6 is 0 Å². The molecule has 0 atom stereocenters. The lowest BCUT2D eigenvalue weighted by molar-refractivity contribution is -0.125. The molecular weight excluding hydrogens is 286 g/mol. The van der Waals surface area contributed by atoms with Gasteiger partial charge in [0.25, 0.3) is 0 Å². The van der Waals surface area contributed by atoms with Crippen LogP contribution in [0.25, 0.3) is 0 Å². The molecule has 0 bridgehead atoms. The van der Waals surface area contributed by atoms with Gasteiger partial charge in [0, 0.05) is 19.0 Å². The van der Waals surface area contributed by atoms with Crippen LogP contribution in [0, 0.1) is 11.8 Å². The van der Waals surface area contributed by atoms with E-state index in [0.717, 1.165) is 38.3 Å². The summed E-state index contributed by atoms with van der Waals surface area (Å²) in [5.74, 6) is 1.55. The number of carbonyl (C=O) groups is 2. The summed E-state index contributed by atoms with van der Waals surface area (Å²) in [5.41, 5.74) is 0. The molecule has 0 aromatic rings. The van der Waals surface area contributed by atoms with Crippen molar-refractivity contribution < 1.29 is 9.59 Å². The Kier molecular flexibility index (Phi) is 18.6. The zero-order valence-corrected chi connectivity index (χ0v) is 16.6. The molecule has 1 aliphatic carbocycles. The Morgan fingerprint density at radius 1 is 0.957 bits per heavy atom. The predicted molar refractivity (Wildman–Crippen MR) is 101 cm³/mol. The van der Waals surface area contributed by atoms with E-state index in [1.807, 2.05) is 27.7 Å². The highest BCUT2D eigenvalue weighted by Crippen LogP contribution is 2.25. The first-order chi connectivity index (χ1) is 11.2. The van der Waals surface area contributed by atoms with Crippen LogP contribution in [0.1, 0.15) is 92.9 Å². The van der Waals surface area contributed by atoms with E-state index >= 15 is 0 Å². The molecule has 2 aliphatic rings. The Bertz CT molecular complexity index is 265.